The Bertz CT molecular complexity index is 167. The highest BCUT2D eigenvalue weighted by atomic mass is 19.2. The average molecular weight is 192 g/mol. The highest BCUT2D eigenvalue weighted by Gasteiger charge is 2.32. The van der Waals surface area contributed by atoms with E-state index in [1.807, 2.05) is 20.8 Å². The molecular weight excluding hydrogens is 174 g/mol. The van der Waals surface area contributed by atoms with Crippen molar-refractivity contribution in [2.45, 2.75) is 33.4 Å². The fraction of sp³-hybridized carbons (Fsp3) is 1.00. The van der Waals surface area contributed by atoms with Crippen LogP contribution in [0.2, 0.25) is 0 Å². The van der Waals surface area contributed by atoms with Gasteiger partial charge >= 0.3 is 0 Å². The molecule has 0 aromatic carbocycles. The van der Waals surface area contributed by atoms with E-state index < -0.39 is 12.6 Å². The molecule has 1 heterocycles. The number of alkyl halides is 2. The van der Waals surface area contributed by atoms with E-state index in [-0.39, 0.29) is 5.41 Å². The summed E-state index contributed by atoms with van der Waals surface area (Å²) in [4.78, 5) is 1.56. The van der Waals surface area contributed by atoms with Crippen molar-refractivity contribution in [1.82, 2.24) is 10.2 Å². The Morgan fingerprint density at radius 2 is 2.00 bits per heavy atom. The average Bonchev–Trinajstić information content (AvgIpc) is 1.96. The van der Waals surface area contributed by atoms with Crippen molar-refractivity contribution >= 4 is 0 Å². The summed E-state index contributed by atoms with van der Waals surface area (Å²) in [6, 6.07) is 0. The van der Waals surface area contributed by atoms with E-state index in [1.54, 1.807) is 4.90 Å². The summed E-state index contributed by atoms with van der Waals surface area (Å²) in [5.74, 6) is 0. The maximum absolute atomic E-state index is 13.3. The Balaban J connectivity index is 2.49. The van der Waals surface area contributed by atoms with Gasteiger partial charge in [-0.2, -0.15) is 0 Å². The second-order valence-corrected chi connectivity index (χ2v) is 4.76. The van der Waals surface area contributed by atoms with Crippen molar-refractivity contribution in [3.8, 4) is 0 Å². The Labute approximate surface area is 78.3 Å². The molecule has 0 aromatic rings. The minimum Gasteiger partial charge on any atom is -0.283 e. The van der Waals surface area contributed by atoms with Gasteiger partial charge in [0, 0.05) is 19.6 Å². The summed E-state index contributed by atoms with van der Waals surface area (Å²) in [5.41, 5.74) is 0.0153. The third-order valence-electron chi connectivity index (χ3n) is 2.01. The molecule has 0 radical (unpaired) electrons. The van der Waals surface area contributed by atoms with E-state index in [9.17, 15) is 8.78 Å². The quantitative estimate of drug-likeness (QED) is 0.634. The number of rotatable bonds is 1. The van der Waals surface area contributed by atoms with Crippen LogP contribution in [0.5, 0.6) is 0 Å². The fourth-order valence-electron chi connectivity index (χ4n) is 1.53. The first-order chi connectivity index (χ1) is 5.90. The zero-order chi connectivity index (χ0) is 10.1. The minimum atomic E-state index is -1.53. The summed E-state index contributed by atoms with van der Waals surface area (Å²) in [7, 11) is 0. The van der Waals surface area contributed by atoms with Gasteiger partial charge in [0.1, 0.15) is 0 Å². The summed E-state index contributed by atoms with van der Waals surface area (Å²) in [6.45, 7) is 7.77. The second kappa shape index (κ2) is 3.88. The maximum atomic E-state index is 13.3. The highest BCUT2D eigenvalue weighted by molar-refractivity contribution is 4.79. The van der Waals surface area contributed by atoms with Crippen LogP contribution in [0.25, 0.3) is 0 Å². The van der Waals surface area contributed by atoms with E-state index >= 15 is 0 Å². The van der Waals surface area contributed by atoms with Crippen LogP contribution in [0.3, 0.4) is 0 Å². The van der Waals surface area contributed by atoms with Gasteiger partial charge in [0.15, 0.2) is 12.6 Å². The lowest BCUT2D eigenvalue weighted by Crippen LogP contribution is -2.55. The Kier molecular flexibility index (Phi) is 3.24. The number of piperazine rings is 1. The SMILES string of the molecule is CC(C)(C)CN1CCNC(F)C1F. The molecule has 2 nitrogen and oxygen atoms in total. The smallest absolute Gasteiger partial charge is 0.198 e. The van der Waals surface area contributed by atoms with Crippen molar-refractivity contribution < 1.29 is 8.78 Å². The van der Waals surface area contributed by atoms with E-state index in [2.05, 4.69) is 5.32 Å². The number of nitrogens with zero attached hydrogens (tertiary/aromatic N) is 1. The topological polar surface area (TPSA) is 15.3 Å². The third-order valence-corrected chi connectivity index (χ3v) is 2.01. The molecule has 78 valence electrons. The van der Waals surface area contributed by atoms with E-state index in [4.69, 9.17) is 0 Å². The highest BCUT2D eigenvalue weighted by Crippen LogP contribution is 2.20. The fourth-order valence-corrected chi connectivity index (χ4v) is 1.53. The Hall–Kier alpha value is -0.220. The van der Waals surface area contributed by atoms with Gasteiger partial charge in [0.2, 0.25) is 0 Å². The van der Waals surface area contributed by atoms with Crippen molar-refractivity contribution in [2.75, 3.05) is 19.6 Å². The van der Waals surface area contributed by atoms with Crippen LogP contribution in [-0.2, 0) is 0 Å². The van der Waals surface area contributed by atoms with Crippen LogP contribution < -0.4 is 5.32 Å². The monoisotopic (exact) mass is 192 g/mol. The van der Waals surface area contributed by atoms with Gasteiger partial charge < -0.3 is 0 Å². The molecule has 1 N–H and O–H groups in total. The lowest BCUT2D eigenvalue weighted by Gasteiger charge is -2.37. The molecule has 1 aliphatic rings. The van der Waals surface area contributed by atoms with Gasteiger partial charge in [-0.25, -0.2) is 8.78 Å². The summed E-state index contributed by atoms with van der Waals surface area (Å²) in [6.07, 6.45) is -3.02. The predicted octanol–water partition coefficient (Wildman–Crippen LogP) is 1.53. The molecule has 2 unspecified atom stereocenters. The van der Waals surface area contributed by atoms with Crippen molar-refractivity contribution in [2.24, 2.45) is 5.41 Å². The van der Waals surface area contributed by atoms with Gasteiger partial charge in [-0.05, 0) is 5.41 Å². The van der Waals surface area contributed by atoms with E-state index in [0.717, 1.165) is 0 Å². The van der Waals surface area contributed by atoms with E-state index in [0.29, 0.717) is 19.6 Å². The van der Waals surface area contributed by atoms with Crippen LogP contribution in [0.1, 0.15) is 20.8 Å². The van der Waals surface area contributed by atoms with Crippen LogP contribution >= 0.6 is 0 Å². The van der Waals surface area contributed by atoms with Crippen LogP contribution in [0.15, 0.2) is 0 Å². The molecule has 0 saturated carbocycles. The van der Waals surface area contributed by atoms with Gasteiger partial charge in [0.25, 0.3) is 0 Å². The molecule has 1 saturated heterocycles. The van der Waals surface area contributed by atoms with Crippen molar-refractivity contribution in [1.29, 1.82) is 0 Å². The summed E-state index contributed by atoms with van der Waals surface area (Å²) < 4.78 is 26.1. The lowest BCUT2D eigenvalue weighted by molar-refractivity contribution is -0.0425. The van der Waals surface area contributed by atoms with Gasteiger partial charge in [-0.1, -0.05) is 20.8 Å². The standard InChI is InChI=1S/C9H18F2N2/c1-9(2,3)6-13-5-4-12-7(10)8(13)11/h7-8,12H,4-6H2,1-3H3. The molecule has 0 aliphatic carbocycles. The molecule has 0 amide bonds. The maximum Gasteiger partial charge on any atom is 0.198 e. The largest absolute Gasteiger partial charge is 0.283 e. The zero-order valence-electron chi connectivity index (χ0n) is 8.48. The molecule has 1 fully saturated rings. The Morgan fingerprint density at radius 1 is 1.38 bits per heavy atom. The zero-order valence-corrected chi connectivity index (χ0v) is 8.48. The number of hydrogen-bond acceptors (Lipinski definition) is 2. The van der Waals surface area contributed by atoms with Crippen molar-refractivity contribution in [3.05, 3.63) is 0 Å². The first-order valence-corrected chi connectivity index (χ1v) is 4.66. The molecule has 2 atom stereocenters. The molecule has 4 heteroatoms. The summed E-state index contributed by atoms with van der Waals surface area (Å²) >= 11 is 0. The summed E-state index contributed by atoms with van der Waals surface area (Å²) in [5, 5.41) is 2.46. The molecule has 0 bridgehead atoms. The molecule has 1 aliphatic heterocycles. The molecule has 0 spiro atoms. The first-order valence-electron chi connectivity index (χ1n) is 4.66. The van der Waals surface area contributed by atoms with Crippen LogP contribution in [-0.4, -0.2) is 37.1 Å². The number of nitrogens with one attached hydrogen (secondary N) is 1. The molecule has 1 rings (SSSR count). The second-order valence-electron chi connectivity index (χ2n) is 4.76. The number of halogens is 2. The van der Waals surface area contributed by atoms with Crippen LogP contribution in [0.4, 0.5) is 8.78 Å². The van der Waals surface area contributed by atoms with Gasteiger partial charge in [-0.3, -0.25) is 10.2 Å². The molecular formula is C9H18F2N2. The third kappa shape index (κ3) is 3.19. The van der Waals surface area contributed by atoms with E-state index in [1.165, 1.54) is 0 Å². The van der Waals surface area contributed by atoms with Gasteiger partial charge in [0.05, 0.1) is 0 Å². The molecule has 0 aromatic heterocycles. The van der Waals surface area contributed by atoms with Gasteiger partial charge in [-0.15, -0.1) is 0 Å². The minimum absolute atomic E-state index is 0.0153. The predicted molar refractivity (Wildman–Crippen MR) is 48.8 cm³/mol. The lowest BCUT2D eigenvalue weighted by atomic mass is 9.95. The van der Waals surface area contributed by atoms with Crippen molar-refractivity contribution in [3.63, 3.8) is 0 Å². The van der Waals surface area contributed by atoms with Crippen LogP contribution in [0, 0.1) is 5.41 Å². The Morgan fingerprint density at radius 3 is 2.54 bits per heavy atom. The number of hydrogen-bond donors (Lipinski definition) is 1. The normalized spacial score (nSPS) is 32.1. The molecule has 13 heavy (non-hydrogen) atoms. The first kappa shape index (κ1) is 10.9.